The van der Waals surface area contributed by atoms with Crippen molar-refractivity contribution in [2.75, 3.05) is 20.3 Å². The molecular formula is C15H21N3O5. The van der Waals surface area contributed by atoms with Crippen LogP contribution in [-0.4, -0.2) is 43.2 Å². The van der Waals surface area contributed by atoms with E-state index in [9.17, 15) is 14.9 Å². The number of methoxy groups -OCH3 is 1. The second-order valence-electron chi connectivity index (χ2n) is 5.52. The molecular weight excluding hydrogens is 302 g/mol. The van der Waals surface area contributed by atoms with Crippen LogP contribution in [0.4, 0.5) is 5.69 Å². The van der Waals surface area contributed by atoms with Gasteiger partial charge in [0.2, 0.25) is 5.75 Å². The Hall–Kier alpha value is -2.35. The van der Waals surface area contributed by atoms with E-state index in [-0.39, 0.29) is 30.0 Å². The zero-order chi connectivity index (χ0) is 16.8. The van der Waals surface area contributed by atoms with Crippen molar-refractivity contribution in [3.8, 4) is 11.5 Å². The Bertz CT molecular complexity index is 578. The van der Waals surface area contributed by atoms with Crippen LogP contribution in [0.3, 0.4) is 0 Å². The molecule has 0 aromatic heterocycles. The van der Waals surface area contributed by atoms with E-state index in [0.29, 0.717) is 11.8 Å². The molecule has 1 aliphatic heterocycles. The van der Waals surface area contributed by atoms with Crippen LogP contribution < -0.4 is 20.1 Å². The summed E-state index contributed by atoms with van der Waals surface area (Å²) in [7, 11) is 1.34. The predicted molar refractivity (Wildman–Crippen MR) is 83.8 cm³/mol. The summed E-state index contributed by atoms with van der Waals surface area (Å²) < 4.78 is 10.3. The van der Waals surface area contributed by atoms with Crippen molar-refractivity contribution in [2.24, 2.45) is 0 Å². The molecule has 0 spiro atoms. The zero-order valence-electron chi connectivity index (χ0n) is 13.2. The topological polar surface area (TPSA) is 103 Å². The minimum atomic E-state index is -0.534. The Balaban J connectivity index is 1.87. The Labute approximate surface area is 134 Å². The van der Waals surface area contributed by atoms with Gasteiger partial charge in [-0.15, -0.1) is 0 Å². The van der Waals surface area contributed by atoms with Crippen LogP contribution >= 0.6 is 0 Å². The molecule has 8 heteroatoms. The summed E-state index contributed by atoms with van der Waals surface area (Å²) in [4.78, 5) is 22.2. The smallest absolute Gasteiger partial charge is 0.311 e. The Kier molecular flexibility index (Phi) is 5.75. The average molecular weight is 323 g/mol. The van der Waals surface area contributed by atoms with Crippen molar-refractivity contribution in [1.29, 1.82) is 0 Å². The maximum Gasteiger partial charge on any atom is 0.311 e. The van der Waals surface area contributed by atoms with Crippen LogP contribution in [0, 0.1) is 10.1 Å². The Morgan fingerprint density at radius 2 is 2.30 bits per heavy atom. The summed E-state index contributed by atoms with van der Waals surface area (Å²) in [5, 5.41) is 17.1. The van der Waals surface area contributed by atoms with Gasteiger partial charge < -0.3 is 20.1 Å². The van der Waals surface area contributed by atoms with Crippen molar-refractivity contribution in [3.05, 3.63) is 28.3 Å². The van der Waals surface area contributed by atoms with E-state index in [4.69, 9.17) is 9.47 Å². The lowest BCUT2D eigenvalue weighted by atomic mass is 10.0. The number of nitrogens with one attached hydrogen (secondary N) is 2. The van der Waals surface area contributed by atoms with Gasteiger partial charge in [0.1, 0.15) is 5.75 Å². The monoisotopic (exact) mass is 323 g/mol. The van der Waals surface area contributed by atoms with Crippen LogP contribution in [0.5, 0.6) is 11.5 Å². The molecule has 2 atom stereocenters. The first-order chi connectivity index (χ1) is 11.0. The van der Waals surface area contributed by atoms with Gasteiger partial charge in [-0.25, -0.2) is 0 Å². The van der Waals surface area contributed by atoms with Crippen molar-refractivity contribution in [3.63, 3.8) is 0 Å². The SMILES string of the molecule is COc1cc(OCC(=O)NC2CCNC(C)C2)ccc1[N+](=O)[O-]. The summed E-state index contributed by atoms with van der Waals surface area (Å²) in [6, 6.07) is 4.67. The predicted octanol–water partition coefficient (Wildman–Crippen LogP) is 1.24. The van der Waals surface area contributed by atoms with E-state index in [0.717, 1.165) is 19.4 Å². The molecule has 0 saturated carbocycles. The first-order valence-electron chi connectivity index (χ1n) is 7.47. The molecule has 0 bridgehead atoms. The van der Waals surface area contributed by atoms with Gasteiger partial charge >= 0.3 is 5.69 Å². The maximum absolute atomic E-state index is 11.9. The third kappa shape index (κ3) is 4.82. The first-order valence-corrected chi connectivity index (χ1v) is 7.47. The normalized spacial score (nSPS) is 20.6. The third-order valence-electron chi connectivity index (χ3n) is 3.71. The molecule has 1 heterocycles. The highest BCUT2D eigenvalue weighted by Gasteiger charge is 2.20. The number of benzene rings is 1. The molecule has 1 fully saturated rings. The number of nitrogens with zero attached hydrogens (tertiary/aromatic N) is 1. The highest BCUT2D eigenvalue weighted by Crippen LogP contribution is 2.30. The lowest BCUT2D eigenvalue weighted by molar-refractivity contribution is -0.385. The van der Waals surface area contributed by atoms with E-state index >= 15 is 0 Å². The highest BCUT2D eigenvalue weighted by molar-refractivity contribution is 5.77. The fraction of sp³-hybridized carbons (Fsp3) is 0.533. The van der Waals surface area contributed by atoms with Gasteiger partial charge in [-0.3, -0.25) is 14.9 Å². The first kappa shape index (κ1) is 17.0. The number of carbonyl (C=O) groups excluding carboxylic acids is 1. The molecule has 126 valence electrons. The number of hydrogen-bond acceptors (Lipinski definition) is 6. The Morgan fingerprint density at radius 3 is 2.96 bits per heavy atom. The molecule has 1 amide bonds. The van der Waals surface area contributed by atoms with Gasteiger partial charge in [-0.05, 0) is 32.4 Å². The van der Waals surface area contributed by atoms with Crippen LogP contribution in [0.15, 0.2) is 18.2 Å². The summed E-state index contributed by atoms with van der Waals surface area (Å²) in [5.74, 6) is 0.239. The van der Waals surface area contributed by atoms with Crippen LogP contribution in [0.1, 0.15) is 19.8 Å². The largest absolute Gasteiger partial charge is 0.490 e. The third-order valence-corrected chi connectivity index (χ3v) is 3.71. The van der Waals surface area contributed by atoms with E-state index < -0.39 is 4.92 Å². The second-order valence-corrected chi connectivity index (χ2v) is 5.52. The maximum atomic E-state index is 11.9. The van der Waals surface area contributed by atoms with Gasteiger partial charge in [0.25, 0.3) is 5.91 Å². The number of carbonyl (C=O) groups is 1. The number of nitro groups is 1. The number of rotatable bonds is 6. The number of ether oxygens (including phenoxy) is 2. The van der Waals surface area contributed by atoms with E-state index in [1.807, 2.05) is 0 Å². The minimum absolute atomic E-state index is 0.0973. The number of amides is 1. The summed E-state index contributed by atoms with van der Waals surface area (Å²) in [6.45, 7) is 2.82. The van der Waals surface area contributed by atoms with Crippen LogP contribution in [0.25, 0.3) is 0 Å². The number of hydrogen-bond donors (Lipinski definition) is 2. The van der Waals surface area contributed by atoms with E-state index in [1.165, 1.54) is 25.3 Å². The van der Waals surface area contributed by atoms with Crippen molar-refractivity contribution in [1.82, 2.24) is 10.6 Å². The lowest BCUT2D eigenvalue weighted by Crippen LogP contribution is -2.47. The molecule has 1 aromatic carbocycles. The Morgan fingerprint density at radius 1 is 1.52 bits per heavy atom. The van der Waals surface area contributed by atoms with Crippen molar-refractivity contribution in [2.45, 2.75) is 31.8 Å². The van der Waals surface area contributed by atoms with Gasteiger partial charge in [-0.2, -0.15) is 0 Å². The van der Waals surface area contributed by atoms with Crippen LogP contribution in [-0.2, 0) is 4.79 Å². The van der Waals surface area contributed by atoms with Crippen molar-refractivity contribution < 1.29 is 19.2 Å². The summed E-state index contributed by atoms with van der Waals surface area (Å²) in [6.07, 6.45) is 1.78. The summed E-state index contributed by atoms with van der Waals surface area (Å²) >= 11 is 0. The minimum Gasteiger partial charge on any atom is -0.490 e. The van der Waals surface area contributed by atoms with E-state index in [1.54, 1.807) is 0 Å². The quantitative estimate of drug-likeness (QED) is 0.603. The van der Waals surface area contributed by atoms with Gasteiger partial charge in [0, 0.05) is 24.2 Å². The van der Waals surface area contributed by atoms with Gasteiger partial charge in [-0.1, -0.05) is 0 Å². The molecule has 1 aromatic rings. The molecule has 1 aliphatic rings. The molecule has 1 saturated heterocycles. The highest BCUT2D eigenvalue weighted by atomic mass is 16.6. The van der Waals surface area contributed by atoms with Crippen molar-refractivity contribution >= 4 is 11.6 Å². The van der Waals surface area contributed by atoms with Crippen LogP contribution in [0.2, 0.25) is 0 Å². The molecule has 23 heavy (non-hydrogen) atoms. The van der Waals surface area contributed by atoms with Gasteiger partial charge in [0.15, 0.2) is 6.61 Å². The number of piperidine rings is 1. The fourth-order valence-electron chi connectivity index (χ4n) is 2.58. The zero-order valence-corrected chi connectivity index (χ0v) is 13.2. The standard InChI is InChI=1S/C15H21N3O5/c1-10-7-11(5-6-16-10)17-15(19)9-23-12-3-4-13(18(20)21)14(8-12)22-2/h3-4,8,10-11,16H,5-7,9H2,1-2H3,(H,17,19). The molecule has 8 nitrogen and oxygen atoms in total. The molecule has 0 radical (unpaired) electrons. The molecule has 0 aliphatic carbocycles. The van der Waals surface area contributed by atoms with Gasteiger partial charge in [0.05, 0.1) is 12.0 Å². The molecule has 2 rings (SSSR count). The average Bonchev–Trinajstić information content (AvgIpc) is 2.52. The molecule has 2 unspecified atom stereocenters. The fourth-order valence-corrected chi connectivity index (χ4v) is 2.58. The second kappa shape index (κ2) is 7.77. The van der Waals surface area contributed by atoms with E-state index in [2.05, 4.69) is 17.6 Å². The molecule has 2 N–H and O–H groups in total. The summed E-state index contributed by atoms with van der Waals surface area (Å²) in [5.41, 5.74) is -0.145. The number of nitro benzene ring substituents is 1. The lowest BCUT2D eigenvalue weighted by Gasteiger charge is -2.28.